The van der Waals surface area contributed by atoms with E-state index >= 15 is 0 Å². The number of hydrogen-bond acceptors (Lipinski definition) is 14. The summed E-state index contributed by atoms with van der Waals surface area (Å²) in [6.07, 6.45) is 3.09. The molecule has 0 radical (unpaired) electrons. The maximum absolute atomic E-state index is 12.8. The quantitative estimate of drug-likeness (QED) is 0.189. The fourth-order valence-electron chi connectivity index (χ4n) is 14.0. The third kappa shape index (κ3) is 8.32. The third-order valence-electron chi connectivity index (χ3n) is 19.2. The molecule has 2 aromatic heterocycles. The zero-order chi connectivity index (χ0) is 45.0. The lowest BCUT2D eigenvalue weighted by Crippen LogP contribution is -2.73. The first kappa shape index (κ1) is 44.4. The molecule has 66 heavy (non-hydrogen) atoms. The van der Waals surface area contributed by atoms with Gasteiger partial charge in [-0.25, -0.2) is 19.9 Å². The molecule has 2 N–H and O–H groups in total. The summed E-state index contributed by atoms with van der Waals surface area (Å²) in [5.41, 5.74) is 0.127. The topological polar surface area (TPSA) is 175 Å². The van der Waals surface area contributed by atoms with Gasteiger partial charge in [-0.1, -0.05) is 0 Å². The van der Waals surface area contributed by atoms with Crippen LogP contribution in [0.4, 0.5) is 34.6 Å². The van der Waals surface area contributed by atoms with Gasteiger partial charge in [0.1, 0.15) is 91.2 Å². The molecule has 0 saturated carbocycles. The molecule has 9 aliphatic rings. The second-order valence-corrected chi connectivity index (χ2v) is 22.1. The summed E-state index contributed by atoms with van der Waals surface area (Å²) in [5, 5.41) is 32.7. The maximum atomic E-state index is 12.8. The smallest absolute Gasteiger partial charge is 0.339 e. The molecule has 9 fully saturated rings. The second kappa shape index (κ2) is 17.4. The van der Waals surface area contributed by atoms with Gasteiger partial charge in [-0.2, -0.15) is 0 Å². The van der Waals surface area contributed by atoms with E-state index in [2.05, 4.69) is 50.2 Å². The van der Waals surface area contributed by atoms with Crippen molar-refractivity contribution in [1.82, 2.24) is 30.6 Å². The maximum Gasteiger partial charge on any atom is 0.353 e. The molecule has 0 amide bonds. The highest BCUT2D eigenvalue weighted by atomic mass is 16.6. The summed E-state index contributed by atoms with van der Waals surface area (Å²) in [6, 6.07) is 0. The molecule has 22 heteroatoms. The predicted molar refractivity (Wildman–Crippen MR) is 250 cm³/mol. The minimum Gasteiger partial charge on any atom is -0.339 e. The van der Waals surface area contributed by atoms with E-state index in [4.69, 9.17) is 0 Å². The van der Waals surface area contributed by atoms with Gasteiger partial charge >= 0.3 is 11.4 Å². The van der Waals surface area contributed by atoms with Gasteiger partial charge in [-0.3, -0.25) is 20.2 Å². The molecule has 0 aliphatic carbocycles. The predicted octanol–water partition coefficient (Wildman–Crippen LogP) is -1.79. The molecule has 2 aromatic rings. The first-order chi connectivity index (χ1) is 32.0. The van der Waals surface area contributed by atoms with E-state index in [9.17, 15) is 20.2 Å². The minimum absolute atomic E-state index is 0.0633. The highest BCUT2D eigenvalue weighted by molar-refractivity contribution is 5.72. The number of piperazine rings is 9. The van der Waals surface area contributed by atoms with Crippen LogP contribution in [0.1, 0.15) is 0 Å². The van der Waals surface area contributed by atoms with Crippen LogP contribution in [0.2, 0.25) is 0 Å². The number of rotatable bonds is 6. The van der Waals surface area contributed by atoms with Gasteiger partial charge in [0, 0.05) is 26.2 Å². The van der Waals surface area contributed by atoms with Crippen LogP contribution in [0.25, 0.3) is 0 Å². The average molecular weight is 921 g/mol. The normalized spacial score (nSPS) is 27.8. The van der Waals surface area contributed by atoms with Crippen LogP contribution in [-0.2, 0) is 0 Å². The molecule has 11 heterocycles. The van der Waals surface area contributed by atoms with Crippen LogP contribution < -0.4 is 30.2 Å². The Labute approximate surface area is 389 Å². The van der Waals surface area contributed by atoms with Crippen molar-refractivity contribution in [3.05, 3.63) is 32.9 Å². The Balaban J connectivity index is 0.679. The molecule has 22 nitrogen and oxygen atoms in total. The van der Waals surface area contributed by atoms with Crippen molar-refractivity contribution in [2.24, 2.45) is 0 Å². The van der Waals surface area contributed by atoms with Gasteiger partial charge in [0.05, 0.1) is 141 Å². The summed E-state index contributed by atoms with van der Waals surface area (Å²) in [7, 11) is 0. The Morgan fingerprint density at radius 3 is 0.742 bits per heavy atom. The molecule has 0 unspecified atom stereocenters. The van der Waals surface area contributed by atoms with Gasteiger partial charge in [0.25, 0.3) is 0 Å². The Morgan fingerprint density at radius 1 is 0.348 bits per heavy atom. The van der Waals surface area contributed by atoms with Crippen LogP contribution in [0.5, 0.6) is 0 Å². The molecule has 0 atom stereocenters. The monoisotopic (exact) mass is 921 g/mol. The van der Waals surface area contributed by atoms with E-state index in [1.807, 2.05) is 0 Å². The standard InChI is InChI=1S/C44H76N18O4/c63-55(64)39-41(51-5-17-59(18-6-51)29-25-57(26-30-59)13-1-45-2-14-57)47-37-49-43(39)53-9-21-61(22-10-53)33-35-62(36-34-61)23-11-54(12-24-62)44-40(56(65)66)42(48-38-50-44)52-7-19-60(20-8-52)31-27-58(28-32-60)15-3-46-4-16-58/h37-38,45-46H,1-36H2/q+6. The molecular weight excluding hydrogens is 845 g/mol. The molecule has 11 rings (SSSR count). The van der Waals surface area contributed by atoms with Crippen LogP contribution in [0.3, 0.4) is 0 Å². The Bertz CT molecular complexity index is 1920. The van der Waals surface area contributed by atoms with Crippen molar-refractivity contribution in [3.8, 4) is 0 Å². The summed E-state index contributed by atoms with van der Waals surface area (Å²) < 4.78 is 6.83. The number of nitrogens with zero attached hydrogens (tertiary/aromatic N) is 16. The van der Waals surface area contributed by atoms with E-state index in [1.54, 1.807) is 12.7 Å². The number of nitrogens with one attached hydrogen (secondary N) is 2. The molecule has 9 saturated heterocycles. The summed E-state index contributed by atoms with van der Waals surface area (Å²) in [4.78, 5) is 52.1. The molecule has 360 valence electrons. The zero-order valence-electron chi connectivity index (χ0n) is 39.4. The number of anilines is 4. The van der Waals surface area contributed by atoms with Crippen LogP contribution >= 0.6 is 0 Å². The lowest BCUT2D eigenvalue weighted by atomic mass is 10.1. The summed E-state index contributed by atoms with van der Waals surface area (Å²) in [6.45, 7) is 37.3. The van der Waals surface area contributed by atoms with E-state index < -0.39 is 0 Å². The highest BCUT2D eigenvalue weighted by Crippen LogP contribution is 2.39. The number of nitro groups is 2. The van der Waals surface area contributed by atoms with Gasteiger partial charge in [-0.15, -0.1) is 0 Å². The second-order valence-electron chi connectivity index (χ2n) is 22.1. The molecule has 0 bridgehead atoms. The number of quaternary nitrogens is 6. The van der Waals surface area contributed by atoms with E-state index in [0.717, 1.165) is 175 Å². The van der Waals surface area contributed by atoms with Gasteiger partial charge < -0.3 is 57.1 Å². The molecule has 6 spiro atoms. The third-order valence-corrected chi connectivity index (χ3v) is 19.2. The van der Waals surface area contributed by atoms with Crippen molar-refractivity contribution in [3.63, 3.8) is 0 Å². The molecule has 9 aliphatic heterocycles. The van der Waals surface area contributed by atoms with Crippen molar-refractivity contribution in [2.75, 3.05) is 255 Å². The average Bonchev–Trinajstić information content (AvgIpc) is 3.36. The van der Waals surface area contributed by atoms with E-state index in [1.165, 1.54) is 87.5 Å². The van der Waals surface area contributed by atoms with E-state index in [0.29, 0.717) is 23.3 Å². The van der Waals surface area contributed by atoms with Crippen LogP contribution in [0, 0.1) is 20.2 Å². The van der Waals surface area contributed by atoms with Gasteiger partial charge in [0.2, 0.25) is 23.3 Å². The summed E-state index contributed by atoms with van der Waals surface area (Å²) in [5.74, 6) is 1.90. The SMILES string of the molecule is O=[N+]([O-])c1c(N2CC[N+]3(CC2)CC[N+]2(CCNCC2)CC3)ncnc1N1CC[N+]2(CC1)CC[N+]1(CCN(c3ncnc(N4CC[N+]5(CC4)CC[N+]4(CCNCC4)CC5)c3[N+](=O)[O-])CC1)CC2. The van der Waals surface area contributed by atoms with Crippen molar-refractivity contribution >= 4 is 34.6 Å². The van der Waals surface area contributed by atoms with Crippen molar-refractivity contribution < 1.29 is 36.7 Å². The summed E-state index contributed by atoms with van der Waals surface area (Å²) >= 11 is 0. The first-order valence-electron chi connectivity index (χ1n) is 25.5. The van der Waals surface area contributed by atoms with E-state index in [-0.39, 0.29) is 21.2 Å². The largest absolute Gasteiger partial charge is 0.353 e. The number of hydrogen-bond donors (Lipinski definition) is 2. The minimum atomic E-state index is -0.241. The van der Waals surface area contributed by atoms with Crippen molar-refractivity contribution in [2.45, 2.75) is 0 Å². The highest BCUT2D eigenvalue weighted by Gasteiger charge is 2.50. The first-order valence-corrected chi connectivity index (χ1v) is 25.5. The van der Waals surface area contributed by atoms with Crippen LogP contribution in [0.15, 0.2) is 12.7 Å². The zero-order valence-corrected chi connectivity index (χ0v) is 39.4. The lowest BCUT2D eigenvalue weighted by molar-refractivity contribution is -1.03. The van der Waals surface area contributed by atoms with Crippen molar-refractivity contribution in [1.29, 1.82) is 0 Å². The fraction of sp³-hybridized carbons (Fsp3) is 0.818. The van der Waals surface area contributed by atoms with Gasteiger partial charge in [-0.05, 0) is 0 Å². The molecule has 0 aromatic carbocycles. The molecular formula is C44H76N18O4+6. The van der Waals surface area contributed by atoms with Gasteiger partial charge in [0.15, 0.2) is 0 Å². The lowest BCUT2D eigenvalue weighted by Gasteiger charge is -2.54. The fourth-order valence-corrected chi connectivity index (χ4v) is 14.0. The Hall–Kier alpha value is -4.16. The number of aromatic nitrogens is 4. The Kier molecular flexibility index (Phi) is 11.7. The Morgan fingerprint density at radius 2 is 0.545 bits per heavy atom. The van der Waals surface area contributed by atoms with Crippen LogP contribution in [-0.4, -0.2) is 292 Å².